The lowest BCUT2D eigenvalue weighted by Crippen LogP contribution is -2.49. The van der Waals surface area contributed by atoms with Gasteiger partial charge >= 0.3 is 0 Å². The average molecular weight is 216 g/mol. The largest absolute Gasteiger partial charge is 0.386 e. The third kappa shape index (κ3) is 1.51. The molecule has 1 heterocycles. The summed E-state index contributed by atoms with van der Waals surface area (Å²) in [4.78, 5) is 8.44. The third-order valence-corrected chi connectivity index (χ3v) is 3.18. The highest BCUT2D eigenvalue weighted by molar-refractivity contribution is 6.15. The van der Waals surface area contributed by atoms with Crippen molar-refractivity contribution in [1.82, 2.24) is 0 Å². The van der Waals surface area contributed by atoms with Crippen LogP contribution < -0.4 is 11.5 Å². The maximum Gasteiger partial charge on any atom is 0.193 e. The average Bonchev–Trinajstić information content (AvgIpc) is 2.27. The Kier molecular flexibility index (Phi) is 2.52. The van der Waals surface area contributed by atoms with E-state index in [4.69, 9.17) is 11.5 Å². The lowest BCUT2D eigenvalue weighted by atomic mass is 9.77. The van der Waals surface area contributed by atoms with Crippen LogP contribution in [0.4, 0.5) is 0 Å². The van der Waals surface area contributed by atoms with Gasteiger partial charge in [-0.05, 0) is 19.4 Å². The molecule has 2 atom stereocenters. The van der Waals surface area contributed by atoms with Gasteiger partial charge in [-0.3, -0.25) is 10.7 Å². The van der Waals surface area contributed by atoms with E-state index in [9.17, 15) is 0 Å². The van der Waals surface area contributed by atoms with Crippen LogP contribution in [0.15, 0.2) is 40.3 Å². The molecular formula is C12H16N4. The zero-order valence-electron chi connectivity index (χ0n) is 9.51. The minimum absolute atomic E-state index is 0.433. The van der Waals surface area contributed by atoms with E-state index in [-0.39, 0.29) is 0 Å². The molecule has 84 valence electrons. The van der Waals surface area contributed by atoms with Gasteiger partial charge in [0.05, 0.1) is 5.41 Å². The molecule has 1 aliphatic heterocycles. The predicted molar refractivity (Wildman–Crippen MR) is 66.5 cm³/mol. The number of aliphatic imine (C=N–C) groups is 2. The maximum atomic E-state index is 6.02. The summed E-state index contributed by atoms with van der Waals surface area (Å²) >= 11 is 0. The zero-order chi connectivity index (χ0) is 11.8. The smallest absolute Gasteiger partial charge is 0.193 e. The second kappa shape index (κ2) is 3.72. The molecule has 0 fully saturated rings. The van der Waals surface area contributed by atoms with E-state index in [0.717, 1.165) is 11.3 Å². The molecule has 16 heavy (non-hydrogen) atoms. The highest BCUT2D eigenvalue weighted by atomic mass is 15.2. The van der Waals surface area contributed by atoms with Gasteiger partial charge in [0.1, 0.15) is 5.84 Å². The molecule has 0 bridgehead atoms. The van der Waals surface area contributed by atoms with Gasteiger partial charge in [-0.2, -0.15) is 0 Å². The van der Waals surface area contributed by atoms with Gasteiger partial charge in [-0.15, -0.1) is 0 Å². The lowest BCUT2D eigenvalue weighted by Gasteiger charge is -2.33. The fourth-order valence-corrected chi connectivity index (χ4v) is 1.94. The van der Waals surface area contributed by atoms with Gasteiger partial charge in [0.15, 0.2) is 6.29 Å². The van der Waals surface area contributed by atoms with E-state index < -0.39 is 11.7 Å². The Morgan fingerprint density at radius 3 is 2.38 bits per heavy atom. The summed E-state index contributed by atoms with van der Waals surface area (Å²) in [5.41, 5.74) is 13.2. The third-order valence-electron chi connectivity index (χ3n) is 3.18. The Labute approximate surface area is 95.1 Å². The van der Waals surface area contributed by atoms with E-state index in [0.29, 0.717) is 5.84 Å². The lowest BCUT2D eigenvalue weighted by molar-refractivity contribution is 0.685. The van der Waals surface area contributed by atoms with Crippen molar-refractivity contribution in [2.24, 2.45) is 21.5 Å². The maximum absolute atomic E-state index is 6.02. The summed E-state index contributed by atoms with van der Waals surface area (Å²) in [6, 6.07) is 9.99. The summed E-state index contributed by atoms with van der Waals surface area (Å²) in [5.74, 6) is 0.527. The number of rotatable bonds is 1. The highest BCUT2D eigenvalue weighted by Gasteiger charge is 2.37. The van der Waals surface area contributed by atoms with Crippen molar-refractivity contribution in [1.29, 1.82) is 0 Å². The Bertz CT molecular complexity index is 427. The topological polar surface area (TPSA) is 76.8 Å². The van der Waals surface area contributed by atoms with Gasteiger partial charge < -0.3 is 5.73 Å². The van der Waals surface area contributed by atoms with Crippen LogP contribution in [0.2, 0.25) is 0 Å². The molecule has 4 heteroatoms. The Morgan fingerprint density at radius 1 is 1.19 bits per heavy atom. The van der Waals surface area contributed by atoms with E-state index in [1.54, 1.807) is 0 Å². The van der Waals surface area contributed by atoms with Crippen LogP contribution >= 0.6 is 0 Å². The number of benzene rings is 1. The van der Waals surface area contributed by atoms with Crippen LogP contribution in [-0.2, 0) is 5.41 Å². The number of hydrogen-bond donors (Lipinski definition) is 2. The fourth-order valence-electron chi connectivity index (χ4n) is 1.94. The van der Waals surface area contributed by atoms with Crippen molar-refractivity contribution in [3.05, 3.63) is 35.9 Å². The quantitative estimate of drug-likeness (QED) is 0.735. The fraction of sp³-hybridized carbons (Fsp3) is 0.333. The molecule has 2 unspecified atom stereocenters. The Morgan fingerprint density at radius 2 is 1.81 bits per heavy atom. The van der Waals surface area contributed by atoms with Crippen molar-refractivity contribution < 1.29 is 0 Å². The molecule has 0 spiro atoms. The van der Waals surface area contributed by atoms with E-state index in [2.05, 4.69) is 9.98 Å². The first-order chi connectivity index (χ1) is 7.55. The molecule has 2 rings (SSSR count). The summed E-state index contributed by atoms with van der Waals surface area (Å²) in [7, 11) is 0. The van der Waals surface area contributed by atoms with Crippen molar-refractivity contribution in [2.75, 3.05) is 0 Å². The summed E-state index contributed by atoms with van der Waals surface area (Å²) < 4.78 is 0. The Hall–Kier alpha value is -1.68. The molecule has 4 N–H and O–H groups in total. The van der Waals surface area contributed by atoms with Crippen molar-refractivity contribution >= 4 is 11.5 Å². The van der Waals surface area contributed by atoms with Gasteiger partial charge in [0.25, 0.3) is 0 Å². The molecule has 1 aromatic rings. The second-order valence-electron chi connectivity index (χ2n) is 4.13. The SMILES string of the molecule is CC1=NC(N)N=C(N)C1(C)c1ccccc1. The minimum atomic E-state index is -0.559. The van der Waals surface area contributed by atoms with Crippen LogP contribution in [0.25, 0.3) is 0 Å². The first-order valence-electron chi connectivity index (χ1n) is 5.25. The van der Waals surface area contributed by atoms with Crippen LogP contribution in [0, 0.1) is 0 Å². The molecular weight excluding hydrogens is 200 g/mol. The minimum Gasteiger partial charge on any atom is -0.386 e. The molecule has 1 aromatic carbocycles. The first-order valence-corrected chi connectivity index (χ1v) is 5.25. The van der Waals surface area contributed by atoms with E-state index in [1.807, 2.05) is 44.2 Å². The van der Waals surface area contributed by atoms with Gasteiger partial charge in [0, 0.05) is 5.71 Å². The number of nitrogens with two attached hydrogens (primary N) is 2. The molecule has 0 saturated heterocycles. The van der Waals surface area contributed by atoms with E-state index in [1.165, 1.54) is 0 Å². The molecule has 4 nitrogen and oxygen atoms in total. The monoisotopic (exact) mass is 216 g/mol. The Balaban J connectivity index is 2.53. The first kappa shape index (κ1) is 10.8. The number of amidine groups is 1. The normalized spacial score (nSPS) is 29.6. The molecule has 1 aliphatic rings. The van der Waals surface area contributed by atoms with E-state index >= 15 is 0 Å². The van der Waals surface area contributed by atoms with Crippen molar-refractivity contribution in [3.63, 3.8) is 0 Å². The highest BCUT2D eigenvalue weighted by Crippen LogP contribution is 2.28. The predicted octanol–water partition coefficient (Wildman–Crippen LogP) is 1.02. The number of hydrogen-bond acceptors (Lipinski definition) is 4. The second-order valence-corrected chi connectivity index (χ2v) is 4.13. The summed E-state index contributed by atoms with van der Waals surface area (Å²) in [5, 5.41) is 0. The molecule has 0 radical (unpaired) electrons. The van der Waals surface area contributed by atoms with Crippen molar-refractivity contribution in [3.8, 4) is 0 Å². The molecule has 0 aliphatic carbocycles. The molecule has 0 aromatic heterocycles. The number of nitrogens with zero attached hydrogens (tertiary/aromatic N) is 2. The molecule has 0 amide bonds. The van der Waals surface area contributed by atoms with Crippen LogP contribution in [0.1, 0.15) is 19.4 Å². The molecule has 0 saturated carbocycles. The van der Waals surface area contributed by atoms with Crippen LogP contribution in [-0.4, -0.2) is 17.8 Å². The van der Waals surface area contributed by atoms with Crippen LogP contribution in [0.5, 0.6) is 0 Å². The van der Waals surface area contributed by atoms with Gasteiger partial charge in [0.2, 0.25) is 0 Å². The summed E-state index contributed by atoms with van der Waals surface area (Å²) in [6.07, 6.45) is -0.559. The van der Waals surface area contributed by atoms with Gasteiger partial charge in [-0.25, -0.2) is 4.99 Å². The van der Waals surface area contributed by atoms with Crippen LogP contribution in [0.3, 0.4) is 0 Å². The summed E-state index contributed by atoms with van der Waals surface area (Å²) in [6.45, 7) is 3.96. The zero-order valence-corrected chi connectivity index (χ0v) is 9.51. The standard InChI is InChI=1S/C12H16N4/c1-8-12(2,9-6-4-3-5-7-9)10(13)16-11(14)15-8/h3-7,11H,14H2,1-2H3,(H2,13,16). The van der Waals surface area contributed by atoms with Gasteiger partial charge in [-0.1, -0.05) is 30.3 Å². The van der Waals surface area contributed by atoms with Crippen molar-refractivity contribution in [2.45, 2.75) is 25.6 Å².